The maximum atomic E-state index is 5.74. The second-order valence-corrected chi connectivity index (χ2v) is 5.23. The van der Waals surface area contributed by atoms with Crippen LogP contribution in [0.3, 0.4) is 0 Å². The quantitative estimate of drug-likeness (QED) is 0.772. The average Bonchev–Trinajstić information content (AvgIpc) is 2.27. The minimum Gasteiger partial charge on any atom is -0.328 e. The Morgan fingerprint density at radius 2 is 1.94 bits per heavy atom. The summed E-state index contributed by atoms with van der Waals surface area (Å²) in [7, 11) is 2.14. The minimum absolute atomic E-state index is 0.293. The fourth-order valence-corrected chi connectivity index (χ4v) is 1.95. The normalized spacial score (nSPS) is 13.1. The first-order valence-corrected chi connectivity index (χ1v) is 6.91. The van der Waals surface area contributed by atoms with Crippen LogP contribution in [0, 0.1) is 0 Å². The molecule has 1 aromatic rings. The van der Waals surface area contributed by atoms with Crippen molar-refractivity contribution in [1.29, 1.82) is 0 Å². The van der Waals surface area contributed by atoms with Gasteiger partial charge in [-0.1, -0.05) is 12.1 Å². The van der Waals surface area contributed by atoms with Crippen molar-refractivity contribution in [3.8, 4) is 0 Å². The predicted octanol–water partition coefficient (Wildman–Crippen LogP) is 2.58. The largest absolute Gasteiger partial charge is 0.328 e. The van der Waals surface area contributed by atoms with Gasteiger partial charge in [0.2, 0.25) is 0 Å². The summed E-state index contributed by atoms with van der Waals surface area (Å²) < 4.78 is 0. The van der Waals surface area contributed by atoms with Gasteiger partial charge in [0.25, 0.3) is 0 Å². The molecule has 90 valence electrons. The zero-order valence-corrected chi connectivity index (χ0v) is 11.3. The van der Waals surface area contributed by atoms with Crippen LogP contribution in [0.15, 0.2) is 29.2 Å². The molecule has 1 atom stereocenters. The Morgan fingerprint density at radius 1 is 1.31 bits per heavy atom. The number of hydrogen-bond acceptors (Lipinski definition) is 3. The lowest BCUT2D eigenvalue weighted by atomic mass is 10.2. The van der Waals surface area contributed by atoms with E-state index in [1.165, 1.54) is 10.5 Å². The van der Waals surface area contributed by atoms with Crippen molar-refractivity contribution in [2.45, 2.75) is 30.8 Å². The highest BCUT2D eigenvalue weighted by Gasteiger charge is 2.02. The molecule has 0 saturated heterocycles. The number of hydrogen-bond donors (Lipinski definition) is 1. The molecular weight excluding hydrogens is 216 g/mol. The van der Waals surface area contributed by atoms with Gasteiger partial charge in [0.15, 0.2) is 0 Å². The molecule has 0 bridgehead atoms. The van der Waals surface area contributed by atoms with Crippen LogP contribution in [-0.4, -0.2) is 30.8 Å². The smallest absolute Gasteiger partial charge is 0.0230 e. The highest BCUT2D eigenvalue weighted by atomic mass is 32.2. The van der Waals surface area contributed by atoms with Gasteiger partial charge in [0.05, 0.1) is 0 Å². The topological polar surface area (TPSA) is 29.3 Å². The molecule has 0 aliphatic rings. The van der Waals surface area contributed by atoms with Crippen molar-refractivity contribution in [3.05, 3.63) is 29.8 Å². The van der Waals surface area contributed by atoms with E-state index < -0.39 is 0 Å². The van der Waals surface area contributed by atoms with Gasteiger partial charge in [0.1, 0.15) is 0 Å². The molecule has 1 rings (SSSR count). The van der Waals surface area contributed by atoms with Crippen LogP contribution < -0.4 is 5.73 Å². The molecule has 0 fully saturated rings. The van der Waals surface area contributed by atoms with E-state index in [4.69, 9.17) is 5.73 Å². The van der Waals surface area contributed by atoms with Crippen LogP contribution in [0.5, 0.6) is 0 Å². The molecular formula is C13H22N2S. The molecule has 0 aromatic heterocycles. The van der Waals surface area contributed by atoms with E-state index in [2.05, 4.69) is 49.4 Å². The van der Waals surface area contributed by atoms with Gasteiger partial charge in [-0.25, -0.2) is 0 Å². The number of nitrogens with two attached hydrogens (primary N) is 1. The van der Waals surface area contributed by atoms with Crippen molar-refractivity contribution in [2.75, 3.05) is 19.8 Å². The molecule has 0 aliphatic carbocycles. The van der Waals surface area contributed by atoms with Crippen LogP contribution in [0.25, 0.3) is 0 Å². The van der Waals surface area contributed by atoms with E-state index in [1.807, 2.05) is 0 Å². The van der Waals surface area contributed by atoms with Gasteiger partial charge in [0, 0.05) is 17.5 Å². The summed E-state index contributed by atoms with van der Waals surface area (Å²) in [6, 6.07) is 9.06. The highest BCUT2D eigenvalue weighted by molar-refractivity contribution is 7.98. The van der Waals surface area contributed by atoms with Gasteiger partial charge in [-0.2, -0.15) is 0 Å². The summed E-state index contributed by atoms with van der Waals surface area (Å²) in [4.78, 5) is 3.64. The van der Waals surface area contributed by atoms with E-state index in [-0.39, 0.29) is 0 Å². The molecule has 0 saturated carbocycles. The fraction of sp³-hybridized carbons (Fsp3) is 0.538. The van der Waals surface area contributed by atoms with E-state index >= 15 is 0 Å². The molecule has 0 amide bonds. The molecule has 1 aromatic carbocycles. The Kier molecular flexibility index (Phi) is 5.88. The Balaban J connectivity index is 2.40. The summed E-state index contributed by atoms with van der Waals surface area (Å²) in [5.74, 6) is 0. The van der Waals surface area contributed by atoms with Gasteiger partial charge < -0.3 is 10.6 Å². The van der Waals surface area contributed by atoms with E-state index in [1.54, 1.807) is 11.8 Å². The molecule has 2 N–H and O–H groups in total. The average molecular weight is 238 g/mol. The lowest BCUT2D eigenvalue weighted by Crippen LogP contribution is -2.25. The van der Waals surface area contributed by atoms with Gasteiger partial charge >= 0.3 is 0 Å². The predicted molar refractivity (Wildman–Crippen MR) is 72.8 cm³/mol. The molecule has 16 heavy (non-hydrogen) atoms. The summed E-state index contributed by atoms with van der Waals surface area (Å²) in [6.07, 6.45) is 3.16. The van der Waals surface area contributed by atoms with Crippen molar-refractivity contribution >= 4 is 11.8 Å². The summed E-state index contributed by atoms with van der Waals surface area (Å²) in [5, 5.41) is 0. The standard InChI is InChI=1S/C13H22N2S/c1-11(14)8-9-15(2)10-12-4-6-13(16-3)7-5-12/h4-7,11H,8-10,14H2,1-3H3. The molecule has 0 aliphatic heterocycles. The van der Waals surface area contributed by atoms with Gasteiger partial charge in [-0.05, 0) is 50.9 Å². The van der Waals surface area contributed by atoms with Crippen LogP contribution in [0.2, 0.25) is 0 Å². The van der Waals surface area contributed by atoms with Crippen LogP contribution in [-0.2, 0) is 6.54 Å². The lowest BCUT2D eigenvalue weighted by molar-refractivity contribution is 0.313. The first-order valence-electron chi connectivity index (χ1n) is 5.69. The fourth-order valence-electron chi connectivity index (χ4n) is 1.55. The Hall–Kier alpha value is -0.510. The van der Waals surface area contributed by atoms with Gasteiger partial charge in [-0.3, -0.25) is 0 Å². The first kappa shape index (κ1) is 13.6. The summed E-state index contributed by atoms with van der Waals surface area (Å²) in [5.41, 5.74) is 7.11. The van der Waals surface area contributed by atoms with Gasteiger partial charge in [-0.15, -0.1) is 11.8 Å². The van der Waals surface area contributed by atoms with Crippen molar-refractivity contribution in [2.24, 2.45) is 5.73 Å². The molecule has 0 heterocycles. The van der Waals surface area contributed by atoms with E-state index in [0.29, 0.717) is 6.04 Å². The SMILES string of the molecule is CSc1ccc(CN(C)CCC(C)N)cc1. The van der Waals surface area contributed by atoms with Crippen molar-refractivity contribution < 1.29 is 0 Å². The third kappa shape index (κ3) is 5.01. The highest BCUT2D eigenvalue weighted by Crippen LogP contribution is 2.15. The number of benzene rings is 1. The van der Waals surface area contributed by atoms with Crippen LogP contribution in [0.1, 0.15) is 18.9 Å². The molecule has 1 unspecified atom stereocenters. The van der Waals surface area contributed by atoms with Crippen molar-refractivity contribution in [3.63, 3.8) is 0 Å². The monoisotopic (exact) mass is 238 g/mol. The number of rotatable bonds is 6. The third-order valence-electron chi connectivity index (χ3n) is 2.58. The molecule has 2 nitrogen and oxygen atoms in total. The lowest BCUT2D eigenvalue weighted by Gasteiger charge is -2.17. The maximum Gasteiger partial charge on any atom is 0.0230 e. The summed E-state index contributed by atoms with van der Waals surface area (Å²) in [6.45, 7) is 4.12. The third-order valence-corrected chi connectivity index (χ3v) is 3.32. The molecule has 0 radical (unpaired) electrons. The summed E-state index contributed by atoms with van der Waals surface area (Å²) >= 11 is 1.78. The maximum absolute atomic E-state index is 5.74. The Morgan fingerprint density at radius 3 is 2.44 bits per heavy atom. The Labute approximate surface area is 103 Å². The van der Waals surface area contributed by atoms with E-state index in [0.717, 1.165) is 19.5 Å². The van der Waals surface area contributed by atoms with Crippen LogP contribution >= 0.6 is 11.8 Å². The molecule has 3 heteroatoms. The van der Waals surface area contributed by atoms with E-state index in [9.17, 15) is 0 Å². The minimum atomic E-state index is 0.293. The zero-order valence-electron chi connectivity index (χ0n) is 10.4. The second-order valence-electron chi connectivity index (χ2n) is 4.35. The second kappa shape index (κ2) is 6.94. The Bertz CT molecular complexity index is 295. The number of nitrogens with zero attached hydrogens (tertiary/aromatic N) is 1. The zero-order chi connectivity index (χ0) is 12.0. The van der Waals surface area contributed by atoms with Crippen molar-refractivity contribution in [1.82, 2.24) is 4.90 Å². The number of thioether (sulfide) groups is 1. The first-order chi connectivity index (χ1) is 7.61. The van der Waals surface area contributed by atoms with Crippen LogP contribution in [0.4, 0.5) is 0 Å². The molecule has 0 spiro atoms.